The number of nitrogens with one attached hydrogen (secondary N) is 1. The monoisotopic (exact) mass is 254 g/mol. The highest BCUT2D eigenvalue weighted by Crippen LogP contribution is 2.34. The summed E-state index contributed by atoms with van der Waals surface area (Å²) in [5, 5.41) is 4.56. The molecule has 1 aliphatic heterocycles. The third-order valence-electron chi connectivity index (χ3n) is 4.79. The molecular formula is C14H26N2S. The first kappa shape index (κ1) is 13.1. The average molecular weight is 254 g/mol. The Balaban J connectivity index is 1.77. The molecule has 0 aromatic rings. The van der Waals surface area contributed by atoms with E-state index < -0.39 is 0 Å². The molecular weight excluding hydrogens is 228 g/mol. The van der Waals surface area contributed by atoms with E-state index in [4.69, 9.17) is 12.2 Å². The SMILES string of the molecule is CCC1(C)CCN(C(=S)NC2CCCC2)CC1. The minimum absolute atomic E-state index is 0.555. The maximum atomic E-state index is 5.54. The van der Waals surface area contributed by atoms with Crippen molar-refractivity contribution in [2.45, 2.75) is 64.8 Å². The quantitative estimate of drug-likeness (QED) is 0.761. The molecule has 0 radical (unpaired) electrons. The highest BCUT2D eigenvalue weighted by molar-refractivity contribution is 7.80. The first-order valence-corrected chi connectivity index (χ1v) is 7.59. The van der Waals surface area contributed by atoms with Crippen molar-refractivity contribution >= 4 is 17.3 Å². The van der Waals surface area contributed by atoms with Gasteiger partial charge in [-0.3, -0.25) is 0 Å². The molecule has 98 valence electrons. The van der Waals surface area contributed by atoms with Crippen molar-refractivity contribution in [3.63, 3.8) is 0 Å². The summed E-state index contributed by atoms with van der Waals surface area (Å²) >= 11 is 5.54. The molecule has 1 saturated heterocycles. The van der Waals surface area contributed by atoms with Crippen LogP contribution in [0.2, 0.25) is 0 Å². The average Bonchev–Trinajstić information content (AvgIpc) is 2.83. The summed E-state index contributed by atoms with van der Waals surface area (Å²) in [5.41, 5.74) is 0.555. The first-order chi connectivity index (χ1) is 8.13. The van der Waals surface area contributed by atoms with E-state index >= 15 is 0 Å². The Morgan fingerprint density at radius 1 is 1.29 bits per heavy atom. The van der Waals surface area contributed by atoms with Crippen molar-refractivity contribution in [1.82, 2.24) is 10.2 Å². The molecule has 0 bridgehead atoms. The standard InChI is InChI=1S/C14H26N2S/c1-3-14(2)8-10-16(11-9-14)13(17)15-12-6-4-5-7-12/h12H,3-11H2,1-2H3,(H,15,17). The Morgan fingerprint density at radius 3 is 2.41 bits per heavy atom. The Kier molecular flexibility index (Phi) is 4.29. The fraction of sp³-hybridized carbons (Fsp3) is 0.929. The Hall–Kier alpha value is -0.310. The van der Waals surface area contributed by atoms with Gasteiger partial charge < -0.3 is 10.2 Å². The Labute approximate surface area is 111 Å². The van der Waals surface area contributed by atoms with Crippen LogP contribution in [0.4, 0.5) is 0 Å². The van der Waals surface area contributed by atoms with E-state index in [0.29, 0.717) is 11.5 Å². The smallest absolute Gasteiger partial charge is 0.169 e. The molecule has 2 rings (SSSR count). The molecule has 2 fully saturated rings. The third kappa shape index (κ3) is 3.34. The van der Waals surface area contributed by atoms with Crippen molar-refractivity contribution < 1.29 is 0 Å². The predicted octanol–water partition coefficient (Wildman–Crippen LogP) is 3.32. The zero-order valence-corrected chi connectivity index (χ0v) is 12.1. The Morgan fingerprint density at radius 2 is 1.88 bits per heavy atom. The second kappa shape index (κ2) is 5.55. The molecule has 2 aliphatic rings. The molecule has 0 amide bonds. The molecule has 0 aromatic carbocycles. The van der Waals surface area contributed by atoms with Crippen molar-refractivity contribution in [3.8, 4) is 0 Å². The Bertz CT molecular complexity index is 263. The van der Waals surface area contributed by atoms with Gasteiger partial charge in [0.05, 0.1) is 0 Å². The van der Waals surface area contributed by atoms with E-state index in [9.17, 15) is 0 Å². The highest BCUT2D eigenvalue weighted by atomic mass is 32.1. The van der Waals surface area contributed by atoms with Crippen LogP contribution in [0.1, 0.15) is 58.8 Å². The lowest BCUT2D eigenvalue weighted by molar-refractivity contribution is 0.161. The van der Waals surface area contributed by atoms with Gasteiger partial charge in [-0.05, 0) is 43.3 Å². The number of hydrogen-bond donors (Lipinski definition) is 1. The van der Waals surface area contributed by atoms with Crippen LogP contribution in [-0.2, 0) is 0 Å². The fourth-order valence-electron chi connectivity index (χ4n) is 2.94. The van der Waals surface area contributed by atoms with E-state index in [1.807, 2.05) is 0 Å². The van der Waals surface area contributed by atoms with E-state index in [1.54, 1.807) is 0 Å². The van der Waals surface area contributed by atoms with Gasteiger partial charge in [-0.25, -0.2) is 0 Å². The lowest BCUT2D eigenvalue weighted by Crippen LogP contribution is -2.48. The number of piperidine rings is 1. The molecule has 1 aliphatic carbocycles. The topological polar surface area (TPSA) is 15.3 Å². The van der Waals surface area contributed by atoms with Gasteiger partial charge in [0.25, 0.3) is 0 Å². The maximum Gasteiger partial charge on any atom is 0.169 e. The molecule has 3 heteroatoms. The van der Waals surface area contributed by atoms with Crippen molar-refractivity contribution in [3.05, 3.63) is 0 Å². The second-order valence-electron chi connectivity index (χ2n) is 6.08. The number of rotatable bonds is 2. The largest absolute Gasteiger partial charge is 0.360 e. The summed E-state index contributed by atoms with van der Waals surface area (Å²) in [5.74, 6) is 0. The first-order valence-electron chi connectivity index (χ1n) is 7.18. The van der Waals surface area contributed by atoms with E-state index in [1.165, 1.54) is 44.9 Å². The summed E-state index contributed by atoms with van der Waals surface area (Å²) < 4.78 is 0. The second-order valence-corrected chi connectivity index (χ2v) is 6.47. The van der Waals surface area contributed by atoms with E-state index in [-0.39, 0.29) is 0 Å². The van der Waals surface area contributed by atoms with Crippen LogP contribution in [0.25, 0.3) is 0 Å². The van der Waals surface area contributed by atoms with Gasteiger partial charge in [-0.15, -0.1) is 0 Å². The van der Waals surface area contributed by atoms with Crippen LogP contribution in [-0.4, -0.2) is 29.1 Å². The molecule has 17 heavy (non-hydrogen) atoms. The zero-order valence-electron chi connectivity index (χ0n) is 11.3. The molecule has 1 saturated carbocycles. The van der Waals surface area contributed by atoms with Crippen molar-refractivity contribution in [1.29, 1.82) is 0 Å². The molecule has 1 N–H and O–H groups in total. The number of likely N-dealkylation sites (tertiary alicyclic amines) is 1. The third-order valence-corrected chi connectivity index (χ3v) is 5.17. The maximum absolute atomic E-state index is 5.54. The van der Waals surface area contributed by atoms with Crippen molar-refractivity contribution in [2.24, 2.45) is 5.41 Å². The van der Waals surface area contributed by atoms with Gasteiger partial charge >= 0.3 is 0 Å². The lowest BCUT2D eigenvalue weighted by Gasteiger charge is -2.40. The van der Waals surface area contributed by atoms with Gasteiger partial charge in [0.2, 0.25) is 0 Å². The van der Waals surface area contributed by atoms with Crippen LogP contribution in [0.15, 0.2) is 0 Å². The van der Waals surface area contributed by atoms with E-state index in [2.05, 4.69) is 24.1 Å². The minimum Gasteiger partial charge on any atom is -0.360 e. The van der Waals surface area contributed by atoms with Crippen LogP contribution in [0.5, 0.6) is 0 Å². The van der Waals surface area contributed by atoms with Crippen LogP contribution in [0.3, 0.4) is 0 Å². The van der Waals surface area contributed by atoms with Gasteiger partial charge in [-0.2, -0.15) is 0 Å². The van der Waals surface area contributed by atoms with Crippen LogP contribution >= 0.6 is 12.2 Å². The molecule has 0 aromatic heterocycles. The van der Waals surface area contributed by atoms with Crippen LogP contribution in [0, 0.1) is 5.41 Å². The minimum atomic E-state index is 0.555. The zero-order chi connectivity index (χ0) is 12.3. The lowest BCUT2D eigenvalue weighted by atomic mass is 9.78. The predicted molar refractivity (Wildman–Crippen MR) is 77.2 cm³/mol. The summed E-state index contributed by atoms with van der Waals surface area (Å²) in [4.78, 5) is 2.38. The number of nitrogens with zero attached hydrogens (tertiary/aromatic N) is 1. The summed E-state index contributed by atoms with van der Waals surface area (Å²) in [6.45, 7) is 7.01. The van der Waals surface area contributed by atoms with Gasteiger partial charge in [0.1, 0.15) is 0 Å². The molecule has 0 atom stereocenters. The normalized spacial score (nSPS) is 24.9. The molecule has 2 nitrogen and oxygen atoms in total. The molecule has 0 unspecified atom stereocenters. The van der Waals surface area contributed by atoms with Gasteiger partial charge in [-0.1, -0.05) is 33.1 Å². The van der Waals surface area contributed by atoms with Crippen LogP contribution < -0.4 is 5.32 Å². The fourth-order valence-corrected chi connectivity index (χ4v) is 3.29. The molecule has 0 spiro atoms. The summed E-state index contributed by atoms with van der Waals surface area (Å²) in [7, 11) is 0. The van der Waals surface area contributed by atoms with Crippen molar-refractivity contribution in [2.75, 3.05) is 13.1 Å². The number of thiocarbonyl (C=S) groups is 1. The highest BCUT2D eigenvalue weighted by Gasteiger charge is 2.29. The summed E-state index contributed by atoms with van der Waals surface area (Å²) in [6.07, 6.45) is 9.22. The van der Waals surface area contributed by atoms with E-state index in [0.717, 1.165) is 18.2 Å². The van der Waals surface area contributed by atoms with Gasteiger partial charge in [0, 0.05) is 19.1 Å². The van der Waals surface area contributed by atoms with Gasteiger partial charge in [0.15, 0.2) is 5.11 Å². The number of hydrogen-bond acceptors (Lipinski definition) is 1. The summed E-state index contributed by atoms with van der Waals surface area (Å²) in [6, 6.07) is 0.655. The molecule has 1 heterocycles.